The van der Waals surface area contributed by atoms with Gasteiger partial charge in [0.1, 0.15) is 11.8 Å². The number of carbonyl (C=O) groups is 2. The van der Waals surface area contributed by atoms with Crippen LogP contribution in [-0.4, -0.2) is 41.0 Å². The lowest BCUT2D eigenvalue weighted by Gasteiger charge is -2.38. The van der Waals surface area contributed by atoms with E-state index in [0.29, 0.717) is 13.0 Å². The van der Waals surface area contributed by atoms with Gasteiger partial charge in [0.15, 0.2) is 0 Å². The highest BCUT2D eigenvalue weighted by Crippen LogP contribution is 2.37. The molecule has 1 saturated heterocycles. The average molecular weight is 383 g/mol. The molecule has 0 spiro atoms. The van der Waals surface area contributed by atoms with Crippen LogP contribution in [0.15, 0.2) is 18.2 Å². The summed E-state index contributed by atoms with van der Waals surface area (Å²) in [7, 11) is 3.64. The number of ether oxygens (including phenoxy) is 1. The minimum atomic E-state index is -0.584. The van der Waals surface area contributed by atoms with Gasteiger partial charge in [0.2, 0.25) is 11.8 Å². The maximum atomic E-state index is 13.4. The largest absolute Gasteiger partial charge is 0.497 e. The highest BCUT2D eigenvalue weighted by atomic mass is 16.5. The first-order valence-electron chi connectivity index (χ1n) is 10.2. The molecular formula is C22H29N3O3. The number of carbonyl (C=O) groups excluding carboxylic acids is 2. The maximum Gasteiger partial charge on any atom is 0.247 e. The molecule has 2 aliphatic rings. The molecule has 1 aliphatic carbocycles. The van der Waals surface area contributed by atoms with E-state index in [1.807, 2.05) is 32.2 Å². The van der Waals surface area contributed by atoms with Crippen molar-refractivity contribution in [1.82, 2.24) is 14.8 Å². The van der Waals surface area contributed by atoms with E-state index in [0.717, 1.165) is 53.6 Å². The fourth-order valence-corrected chi connectivity index (χ4v) is 4.61. The molecule has 6 nitrogen and oxygen atoms in total. The Hall–Kier alpha value is -2.50. The van der Waals surface area contributed by atoms with E-state index in [1.165, 1.54) is 6.42 Å². The summed E-state index contributed by atoms with van der Waals surface area (Å²) < 4.78 is 7.51. The van der Waals surface area contributed by atoms with Crippen LogP contribution in [0.1, 0.15) is 55.8 Å². The Morgan fingerprint density at radius 1 is 1.25 bits per heavy atom. The molecule has 1 aliphatic heterocycles. The summed E-state index contributed by atoms with van der Waals surface area (Å²) in [6, 6.07) is 5.54. The molecule has 1 aromatic heterocycles. The van der Waals surface area contributed by atoms with Gasteiger partial charge < -0.3 is 19.5 Å². The minimum absolute atomic E-state index is 0.0445. The van der Waals surface area contributed by atoms with Crippen LogP contribution in [0.5, 0.6) is 5.75 Å². The van der Waals surface area contributed by atoms with Crippen molar-refractivity contribution in [2.75, 3.05) is 13.7 Å². The summed E-state index contributed by atoms with van der Waals surface area (Å²) in [5, 5.41) is 4.22. The fraction of sp³-hybridized carbons (Fsp3) is 0.545. The second kappa shape index (κ2) is 7.49. The van der Waals surface area contributed by atoms with Gasteiger partial charge in [-0.1, -0.05) is 19.3 Å². The lowest BCUT2D eigenvalue weighted by Crippen LogP contribution is -2.52. The van der Waals surface area contributed by atoms with Gasteiger partial charge in [-0.25, -0.2) is 0 Å². The predicted octanol–water partition coefficient (Wildman–Crippen LogP) is 3.22. The zero-order valence-corrected chi connectivity index (χ0v) is 17.0. The van der Waals surface area contributed by atoms with Gasteiger partial charge in [-0.05, 0) is 38.0 Å². The number of nitrogens with zero attached hydrogens (tertiary/aromatic N) is 2. The molecule has 6 heteroatoms. The Morgan fingerprint density at radius 2 is 2.00 bits per heavy atom. The van der Waals surface area contributed by atoms with Crippen molar-refractivity contribution in [2.45, 2.75) is 57.5 Å². The first-order chi connectivity index (χ1) is 13.5. The summed E-state index contributed by atoms with van der Waals surface area (Å²) in [5.74, 6) is 0.738. The molecule has 1 aromatic carbocycles. The molecular weight excluding hydrogens is 354 g/mol. The maximum absolute atomic E-state index is 13.4. The number of methoxy groups -OCH3 is 1. The fourth-order valence-electron chi connectivity index (χ4n) is 4.61. The van der Waals surface area contributed by atoms with Crippen LogP contribution in [0.2, 0.25) is 0 Å². The van der Waals surface area contributed by atoms with Crippen LogP contribution >= 0.6 is 0 Å². The average Bonchev–Trinajstić information content (AvgIpc) is 2.95. The number of rotatable bonds is 5. The quantitative estimate of drug-likeness (QED) is 0.807. The molecule has 28 heavy (non-hydrogen) atoms. The number of nitrogens with one attached hydrogen (secondary N) is 1. The second-order valence-electron chi connectivity index (χ2n) is 8.02. The molecule has 2 fully saturated rings. The van der Waals surface area contributed by atoms with Gasteiger partial charge >= 0.3 is 0 Å². The highest BCUT2D eigenvalue weighted by Gasteiger charge is 2.40. The van der Waals surface area contributed by atoms with Gasteiger partial charge in [-0.3, -0.25) is 9.59 Å². The molecule has 4 rings (SSSR count). The van der Waals surface area contributed by atoms with Gasteiger partial charge in [-0.2, -0.15) is 0 Å². The van der Waals surface area contributed by atoms with E-state index in [4.69, 9.17) is 4.74 Å². The van der Waals surface area contributed by atoms with Crippen molar-refractivity contribution in [3.05, 3.63) is 29.5 Å². The van der Waals surface area contributed by atoms with Crippen molar-refractivity contribution in [3.8, 4) is 5.75 Å². The number of hydrogen-bond donors (Lipinski definition) is 1. The van der Waals surface area contributed by atoms with E-state index >= 15 is 0 Å². The zero-order valence-electron chi connectivity index (χ0n) is 17.0. The normalized spacial score (nSPS) is 18.8. The Morgan fingerprint density at radius 3 is 2.61 bits per heavy atom. The second-order valence-corrected chi connectivity index (χ2v) is 8.02. The first kappa shape index (κ1) is 18.8. The zero-order chi connectivity index (χ0) is 19.8. The predicted molar refractivity (Wildman–Crippen MR) is 108 cm³/mol. The molecule has 2 aromatic rings. The minimum Gasteiger partial charge on any atom is -0.497 e. The summed E-state index contributed by atoms with van der Waals surface area (Å²) in [6.07, 6.45) is 6.11. The Balaban J connectivity index is 1.77. The van der Waals surface area contributed by atoms with E-state index < -0.39 is 6.04 Å². The lowest BCUT2D eigenvalue weighted by molar-refractivity contribution is -0.149. The van der Waals surface area contributed by atoms with Crippen molar-refractivity contribution in [2.24, 2.45) is 7.05 Å². The molecule has 1 atom stereocenters. The number of β-lactam (4-membered cyclic amide) rings is 1. The van der Waals surface area contributed by atoms with Crippen LogP contribution in [0.25, 0.3) is 10.9 Å². The van der Waals surface area contributed by atoms with E-state index in [-0.39, 0.29) is 17.9 Å². The molecule has 1 unspecified atom stereocenters. The van der Waals surface area contributed by atoms with Gasteiger partial charge in [0, 0.05) is 48.2 Å². The summed E-state index contributed by atoms with van der Waals surface area (Å²) in [6.45, 7) is 2.65. The third-order valence-corrected chi connectivity index (χ3v) is 6.42. The van der Waals surface area contributed by atoms with Crippen molar-refractivity contribution >= 4 is 22.7 Å². The van der Waals surface area contributed by atoms with E-state index in [9.17, 15) is 9.59 Å². The highest BCUT2D eigenvalue weighted by molar-refractivity contribution is 5.97. The summed E-state index contributed by atoms with van der Waals surface area (Å²) >= 11 is 0. The molecule has 2 heterocycles. The van der Waals surface area contributed by atoms with Crippen molar-refractivity contribution < 1.29 is 14.3 Å². The molecule has 0 bridgehead atoms. The number of amides is 2. The molecule has 2 amide bonds. The van der Waals surface area contributed by atoms with E-state index in [2.05, 4.69) is 9.88 Å². The van der Waals surface area contributed by atoms with E-state index in [1.54, 1.807) is 12.0 Å². The van der Waals surface area contributed by atoms with Crippen molar-refractivity contribution in [1.29, 1.82) is 0 Å². The number of aryl methyl sites for hydroxylation is 1. The molecule has 0 radical (unpaired) electrons. The summed E-state index contributed by atoms with van der Waals surface area (Å²) in [4.78, 5) is 27.5. The number of likely N-dealkylation sites (tertiary alicyclic amines) is 1. The Kier molecular flexibility index (Phi) is 5.04. The van der Waals surface area contributed by atoms with Crippen LogP contribution in [0.4, 0.5) is 0 Å². The Labute approximate surface area is 165 Å². The van der Waals surface area contributed by atoms with Gasteiger partial charge in [-0.15, -0.1) is 0 Å². The standard InChI is InChI=1S/C22H29N3O3/c1-14-20(17-13-16(28-3)9-10-18(17)24(14)2)21(25-12-11-19(25)26)22(27)23-15-7-5-4-6-8-15/h9-10,13,15,21H,4-8,11-12H2,1-3H3,(H,23,27). The third-order valence-electron chi connectivity index (χ3n) is 6.42. The van der Waals surface area contributed by atoms with Crippen molar-refractivity contribution in [3.63, 3.8) is 0 Å². The third kappa shape index (κ3) is 3.15. The first-order valence-corrected chi connectivity index (χ1v) is 10.2. The number of hydrogen-bond acceptors (Lipinski definition) is 3. The number of fused-ring (bicyclic) bond motifs is 1. The topological polar surface area (TPSA) is 63.6 Å². The lowest BCUT2D eigenvalue weighted by atomic mass is 9.93. The van der Waals surface area contributed by atoms with Crippen LogP contribution < -0.4 is 10.1 Å². The molecule has 1 saturated carbocycles. The summed E-state index contributed by atoms with van der Waals surface area (Å²) in [5.41, 5.74) is 2.96. The van der Waals surface area contributed by atoms with Crippen LogP contribution in [-0.2, 0) is 16.6 Å². The van der Waals surface area contributed by atoms with Crippen LogP contribution in [0.3, 0.4) is 0 Å². The molecule has 150 valence electrons. The van der Waals surface area contributed by atoms with Gasteiger partial charge in [0.05, 0.1) is 7.11 Å². The SMILES string of the molecule is COc1ccc2c(c1)c(C(C(=O)NC1CCCCC1)N1CCC1=O)c(C)n2C. The monoisotopic (exact) mass is 383 g/mol. The smallest absolute Gasteiger partial charge is 0.247 e. The molecule has 1 N–H and O–H groups in total. The number of aromatic nitrogens is 1. The number of benzene rings is 1. The van der Waals surface area contributed by atoms with Gasteiger partial charge in [0.25, 0.3) is 0 Å². The Bertz CT molecular complexity index is 911. The van der Waals surface area contributed by atoms with Crippen LogP contribution in [0, 0.1) is 6.92 Å².